The van der Waals surface area contributed by atoms with Crippen molar-refractivity contribution < 1.29 is 37.9 Å². The highest BCUT2D eigenvalue weighted by Crippen LogP contribution is 2.35. The molecule has 196 valence electrons. The number of aromatic carboxylic acids is 1. The van der Waals surface area contributed by atoms with Crippen LogP contribution in [0, 0.1) is 16.0 Å². The molecule has 1 aliphatic heterocycles. The molecule has 0 spiro atoms. The van der Waals surface area contributed by atoms with Crippen LogP contribution in [0.2, 0.25) is 0 Å². The molecule has 1 heterocycles. The number of rotatable bonds is 11. The smallest absolute Gasteiger partial charge is 0.344 e. The summed E-state index contributed by atoms with van der Waals surface area (Å²) in [7, 11) is -3.84. The van der Waals surface area contributed by atoms with E-state index in [4.69, 9.17) is 5.11 Å². The van der Waals surface area contributed by atoms with Crippen LogP contribution in [-0.2, 0) is 14.6 Å². The minimum Gasteiger partial charge on any atom is -0.481 e. The molecule has 0 bridgehead atoms. The Bertz CT molecular complexity index is 1370. The third-order valence-corrected chi connectivity index (χ3v) is 7.35. The first kappa shape index (κ1) is 27.4. The Morgan fingerprint density at radius 1 is 1.16 bits per heavy atom. The monoisotopic (exact) mass is 532 g/mol. The van der Waals surface area contributed by atoms with Crippen LogP contribution in [0.5, 0.6) is 0 Å². The maximum atomic E-state index is 12.7. The molecule has 0 fully saturated rings. The number of amides is 2. The van der Waals surface area contributed by atoms with Crippen LogP contribution in [0.15, 0.2) is 58.4 Å². The zero-order chi connectivity index (χ0) is 27.3. The van der Waals surface area contributed by atoms with Gasteiger partial charge < -0.3 is 20.4 Å². The Labute approximate surface area is 211 Å². The van der Waals surface area contributed by atoms with Gasteiger partial charge in [-0.2, -0.15) is 0 Å². The first-order chi connectivity index (χ1) is 17.4. The van der Waals surface area contributed by atoms with Crippen molar-refractivity contribution in [2.45, 2.75) is 24.3 Å². The molecule has 0 radical (unpaired) electrons. The number of nitro benzene ring substituents is 1. The number of nitro groups is 1. The Kier molecular flexibility index (Phi) is 8.35. The number of nitrogens with one attached hydrogen (secondary N) is 1. The number of hydrogen-bond donors (Lipinski definition) is 3. The lowest BCUT2D eigenvalue weighted by molar-refractivity contribution is -0.385. The number of nitrogens with zero attached hydrogens (tertiary/aromatic N) is 3. The topological polar surface area (TPSA) is 197 Å². The van der Waals surface area contributed by atoms with Crippen molar-refractivity contribution in [1.29, 1.82) is 0 Å². The molecule has 3 rings (SSSR count). The van der Waals surface area contributed by atoms with Crippen LogP contribution in [0.3, 0.4) is 0 Å². The number of aliphatic carboxylic acids is 1. The van der Waals surface area contributed by atoms with Gasteiger partial charge in [-0.3, -0.25) is 14.9 Å². The fourth-order valence-corrected chi connectivity index (χ4v) is 5.21. The van der Waals surface area contributed by atoms with E-state index in [0.717, 1.165) is 6.07 Å². The van der Waals surface area contributed by atoms with Crippen molar-refractivity contribution in [3.63, 3.8) is 0 Å². The van der Waals surface area contributed by atoms with E-state index >= 15 is 0 Å². The number of carboxylic acid groups (broad SMARTS) is 2. The number of aliphatic imine (C=N–C) groups is 1. The summed E-state index contributed by atoms with van der Waals surface area (Å²) < 4.78 is 25.1. The summed E-state index contributed by atoms with van der Waals surface area (Å²) in [6.07, 6.45) is 0.211. The van der Waals surface area contributed by atoms with E-state index in [9.17, 15) is 38.0 Å². The van der Waals surface area contributed by atoms with Crippen LogP contribution >= 0.6 is 0 Å². The van der Waals surface area contributed by atoms with Crippen LogP contribution in [-0.4, -0.2) is 71.1 Å². The Morgan fingerprint density at radius 2 is 1.86 bits per heavy atom. The molecule has 2 amide bonds. The molecule has 37 heavy (non-hydrogen) atoms. The van der Waals surface area contributed by atoms with Gasteiger partial charge in [0.1, 0.15) is 11.8 Å². The number of non-ortho nitro benzene ring substituents is 1. The lowest BCUT2D eigenvalue weighted by Crippen LogP contribution is -2.47. The number of benzene rings is 2. The van der Waals surface area contributed by atoms with Crippen molar-refractivity contribution in [2.75, 3.05) is 19.0 Å². The summed E-state index contributed by atoms with van der Waals surface area (Å²) in [5.41, 5.74) is -0.0927. The first-order valence-electron chi connectivity index (χ1n) is 11.0. The zero-order valence-corrected chi connectivity index (χ0v) is 20.4. The molecule has 0 saturated heterocycles. The van der Waals surface area contributed by atoms with Gasteiger partial charge in [0.15, 0.2) is 9.84 Å². The molecule has 0 aliphatic carbocycles. The average molecular weight is 533 g/mol. The SMILES string of the molecule is CC1=NC(=O)N(CCCNCS(=O)(=O)c2cccc(C(=O)O)c2)C(c2cccc([N+](=O)[O-])c2)C1C(=O)O. The van der Waals surface area contributed by atoms with Crippen molar-refractivity contribution in [3.05, 3.63) is 69.8 Å². The largest absolute Gasteiger partial charge is 0.481 e. The Balaban J connectivity index is 1.73. The number of carboxylic acids is 2. The van der Waals surface area contributed by atoms with Crippen molar-refractivity contribution in [2.24, 2.45) is 10.9 Å². The number of sulfone groups is 1. The third kappa shape index (κ3) is 6.34. The van der Waals surface area contributed by atoms with Crippen LogP contribution < -0.4 is 5.32 Å². The third-order valence-electron chi connectivity index (χ3n) is 5.79. The zero-order valence-electron chi connectivity index (χ0n) is 19.6. The summed E-state index contributed by atoms with van der Waals surface area (Å²) in [6, 6.07) is 8.57. The standard InChI is InChI=1S/C23H24N4O9S/c1-14-19(22(30)31)20(15-5-2-7-17(11-15)27(33)34)26(23(32)25-14)10-4-9-24-13-37(35,36)18-8-3-6-16(12-18)21(28)29/h2-3,5-8,11-12,19-20,24H,4,9-10,13H2,1H3,(H,28,29)(H,30,31). The summed E-state index contributed by atoms with van der Waals surface area (Å²) >= 11 is 0. The maximum Gasteiger partial charge on any atom is 0.344 e. The highest BCUT2D eigenvalue weighted by Gasteiger charge is 2.42. The van der Waals surface area contributed by atoms with Gasteiger partial charge in [-0.25, -0.2) is 23.0 Å². The van der Waals surface area contributed by atoms with Gasteiger partial charge in [-0.1, -0.05) is 18.2 Å². The van der Waals surface area contributed by atoms with Crippen LogP contribution in [0.25, 0.3) is 0 Å². The number of hydrogen-bond acceptors (Lipinski definition) is 8. The average Bonchev–Trinajstić information content (AvgIpc) is 2.84. The maximum absolute atomic E-state index is 12.7. The van der Waals surface area contributed by atoms with Crippen LogP contribution in [0.1, 0.15) is 35.3 Å². The van der Waals surface area contributed by atoms with E-state index in [1.54, 1.807) is 0 Å². The van der Waals surface area contributed by atoms with Gasteiger partial charge in [0.05, 0.1) is 21.4 Å². The molecule has 1 aliphatic rings. The minimum atomic E-state index is -3.84. The van der Waals surface area contributed by atoms with Crippen molar-refractivity contribution >= 4 is 39.2 Å². The quantitative estimate of drug-likeness (QED) is 0.219. The van der Waals surface area contributed by atoms with Crippen molar-refractivity contribution in [3.8, 4) is 0 Å². The minimum absolute atomic E-state index is 0.00566. The van der Waals surface area contributed by atoms with Gasteiger partial charge in [0, 0.05) is 24.4 Å². The van der Waals surface area contributed by atoms with Gasteiger partial charge in [-0.05, 0) is 43.7 Å². The molecule has 2 aromatic carbocycles. The molecule has 2 unspecified atom stereocenters. The molecule has 3 N–H and O–H groups in total. The molecule has 0 aromatic heterocycles. The summed E-state index contributed by atoms with van der Waals surface area (Å²) in [6.45, 7) is 1.52. The predicted molar refractivity (Wildman–Crippen MR) is 130 cm³/mol. The van der Waals surface area contributed by atoms with E-state index in [0.29, 0.717) is 0 Å². The summed E-state index contributed by atoms with van der Waals surface area (Å²) in [4.78, 5) is 51.3. The molecular formula is C23H24N4O9S. The van der Waals surface area contributed by atoms with Gasteiger partial charge in [0.25, 0.3) is 5.69 Å². The Morgan fingerprint density at radius 3 is 2.51 bits per heavy atom. The Hall–Kier alpha value is -4.17. The van der Waals surface area contributed by atoms with E-state index in [1.807, 2.05) is 0 Å². The fourth-order valence-electron chi connectivity index (χ4n) is 4.04. The molecule has 2 aromatic rings. The first-order valence-corrected chi connectivity index (χ1v) is 12.7. The number of urea groups is 1. The normalized spacial score (nSPS) is 17.8. The number of carbonyl (C=O) groups excluding carboxylic acids is 1. The predicted octanol–water partition coefficient (Wildman–Crippen LogP) is 2.34. The molecule has 14 heteroatoms. The second-order valence-corrected chi connectivity index (χ2v) is 10.3. The molecular weight excluding hydrogens is 508 g/mol. The van der Waals surface area contributed by atoms with Crippen LogP contribution in [0.4, 0.5) is 10.5 Å². The number of carbonyl (C=O) groups is 3. The second kappa shape index (κ2) is 11.3. The fraction of sp³-hybridized carbons (Fsp3) is 0.304. The lowest BCUT2D eigenvalue weighted by Gasteiger charge is -2.37. The van der Waals surface area contributed by atoms with Gasteiger partial charge >= 0.3 is 18.0 Å². The van der Waals surface area contributed by atoms with E-state index < -0.39 is 50.6 Å². The summed E-state index contributed by atoms with van der Waals surface area (Å²) in [5.74, 6) is -4.22. The van der Waals surface area contributed by atoms with Gasteiger partial charge in [-0.15, -0.1) is 0 Å². The van der Waals surface area contributed by atoms with Crippen molar-refractivity contribution in [1.82, 2.24) is 10.2 Å². The highest BCUT2D eigenvalue weighted by molar-refractivity contribution is 7.91. The highest BCUT2D eigenvalue weighted by atomic mass is 32.2. The lowest BCUT2D eigenvalue weighted by atomic mass is 9.86. The molecule has 2 atom stereocenters. The van der Waals surface area contributed by atoms with Gasteiger partial charge in [0.2, 0.25) is 0 Å². The second-order valence-electron chi connectivity index (χ2n) is 8.29. The molecule has 13 nitrogen and oxygen atoms in total. The van der Waals surface area contributed by atoms with E-state index in [2.05, 4.69) is 10.3 Å². The molecule has 0 saturated carbocycles. The van der Waals surface area contributed by atoms with E-state index in [-0.39, 0.29) is 46.9 Å². The summed E-state index contributed by atoms with van der Waals surface area (Å²) in [5, 5.41) is 32.8. The van der Waals surface area contributed by atoms with E-state index in [1.165, 1.54) is 54.3 Å².